The number of hydrogen-bond acceptors (Lipinski definition) is 3. The van der Waals surface area contributed by atoms with Crippen LogP contribution in [0.15, 0.2) is 41.3 Å². The number of anilines is 1. The molecule has 4 nitrogen and oxygen atoms in total. The molecule has 0 unspecified atom stereocenters. The first-order chi connectivity index (χ1) is 10.1. The van der Waals surface area contributed by atoms with Gasteiger partial charge >= 0.3 is 6.03 Å². The van der Waals surface area contributed by atoms with Crippen molar-refractivity contribution in [1.29, 1.82) is 0 Å². The summed E-state index contributed by atoms with van der Waals surface area (Å²) in [5, 5.41) is 15.4. The molecule has 0 radical (unpaired) electrons. The number of rotatable bonds is 5. The fourth-order valence-electron chi connectivity index (χ4n) is 2.27. The van der Waals surface area contributed by atoms with Gasteiger partial charge in [-0.3, -0.25) is 0 Å². The SMILES string of the molecule is CC(C)Sc1ccccc1NC(=O)N[C@@H]1C=C[C@H](CO)C1. The number of nitrogens with one attached hydrogen (secondary N) is 2. The van der Waals surface area contributed by atoms with Crippen LogP contribution in [0, 0.1) is 5.92 Å². The minimum atomic E-state index is -0.208. The van der Waals surface area contributed by atoms with Crippen LogP contribution in [0.5, 0.6) is 0 Å². The van der Waals surface area contributed by atoms with Gasteiger partial charge in [-0.2, -0.15) is 0 Å². The average Bonchev–Trinajstić information content (AvgIpc) is 2.88. The van der Waals surface area contributed by atoms with E-state index >= 15 is 0 Å². The summed E-state index contributed by atoms with van der Waals surface area (Å²) in [7, 11) is 0. The number of aliphatic hydroxyl groups is 1. The van der Waals surface area contributed by atoms with E-state index in [9.17, 15) is 4.79 Å². The Morgan fingerprint density at radius 1 is 1.38 bits per heavy atom. The van der Waals surface area contributed by atoms with Crippen LogP contribution >= 0.6 is 11.8 Å². The molecule has 1 aromatic rings. The molecule has 0 spiro atoms. The number of carbonyl (C=O) groups is 1. The summed E-state index contributed by atoms with van der Waals surface area (Å²) in [6.07, 6.45) is 4.65. The Morgan fingerprint density at radius 2 is 2.14 bits per heavy atom. The molecule has 1 aliphatic rings. The minimum Gasteiger partial charge on any atom is -0.396 e. The molecule has 0 heterocycles. The highest BCUT2D eigenvalue weighted by Gasteiger charge is 2.20. The van der Waals surface area contributed by atoms with E-state index in [0.29, 0.717) is 5.25 Å². The smallest absolute Gasteiger partial charge is 0.319 e. The second-order valence-corrected chi connectivity index (χ2v) is 7.05. The number of para-hydroxylation sites is 1. The molecule has 0 bridgehead atoms. The van der Waals surface area contributed by atoms with Crippen molar-refractivity contribution >= 4 is 23.5 Å². The first-order valence-corrected chi connectivity index (χ1v) is 8.09. The van der Waals surface area contributed by atoms with Crippen molar-refractivity contribution < 1.29 is 9.90 Å². The maximum atomic E-state index is 12.1. The molecular formula is C16H22N2O2S. The van der Waals surface area contributed by atoms with E-state index in [1.54, 1.807) is 11.8 Å². The van der Waals surface area contributed by atoms with E-state index in [1.807, 2.05) is 36.4 Å². The van der Waals surface area contributed by atoms with E-state index in [-0.39, 0.29) is 24.6 Å². The number of carbonyl (C=O) groups excluding carboxylic acids is 1. The van der Waals surface area contributed by atoms with E-state index in [2.05, 4.69) is 24.5 Å². The van der Waals surface area contributed by atoms with Crippen LogP contribution < -0.4 is 10.6 Å². The molecule has 0 saturated carbocycles. The van der Waals surface area contributed by atoms with Crippen LogP contribution in [0.3, 0.4) is 0 Å². The lowest BCUT2D eigenvalue weighted by molar-refractivity contribution is 0.238. The first kappa shape index (κ1) is 15.9. The van der Waals surface area contributed by atoms with Crippen molar-refractivity contribution in [2.45, 2.75) is 36.5 Å². The predicted molar refractivity (Wildman–Crippen MR) is 87.7 cm³/mol. The molecule has 0 aliphatic heterocycles. The molecule has 1 aromatic carbocycles. The molecule has 5 heteroatoms. The highest BCUT2D eigenvalue weighted by atomic mass is 32.2. The van der Waals surface area contributed by atoms with Crippen LogP contribution in [-0.2, 0) is 0 Å². The van der Waals surface area contributed by atoms with Gasteiger partial charge in [0.1, 0.15) is 0 Å². The van der Waals surface area contributed by atoms with Gasteiger partial charge in [-0.15, -0.1) is 11.8 Å². The highest BCUT2D eigenvalue weighted by Crippen LogP contribution is 2.30. The third kappa shape index (κ3) is 4.79. The molecular weight excluding hydrogens is 284 g/mol. The molecule has 1 aliphatic carbocycles. The number of urea groups is 1. The van der Waals surface area contributed by atoms with Crippen LogP contribution in [0.4, 0.5) is 10.5 Å². The normalized spacial score (nSPS) is 20.8. The zero-order valence-electron chi connectivity index (χ0n) is 12.4. The summed E-state index contributed by atoms with van der Waals surface area (Å²) in [5.74, 6) is 0.152. The molecule has 21 heavy (non-hydrogen) atoms. The Bertz CT molecular complexity index is 517. The summed E-state index contributed by atoms with van der Waals surface area (Å²) in [6, 6.07) is 7.59. The summed E-state index contributed by atoms with van der Waals surface area (Å²) in [5.41, 5.74) is 0.828. The highest BCUT2D eigenvalue weighted by molar-refractivity contribution is 8.00. The number of benzene rings is 1. The van der Waals surface area contributed by atoms with Crippen molar-refractivity contribution in [1.82, 2.24) is 5.32 Å². The fourth-order valence-corrected chi connectivity index (χ4v) is 3.18. The molecule has 0 saturated heterocycles. The zero-order chi connectivity index (χ0) is 15.2. The molecule has 2 amide bonds. The summed E-state index contributed by atoms with van der Waals surface area (Å²) in [6.45, 7) is 4.38. The van der Waals surface area contributed by atoms with Crippen molar-refractivity contribution in [2.24, 2.45) is 5.92 Å². The molecule has 3 N–H and O–H groups in total. The van der Waals surface area contributed by atoms with E-state index in [0.717, 1.165) is 17.0 Å². The van der Waals surface area contributed by atoms with Gasteiger partial charge in [0.15, 0.2) is 0 Å². The largest absolute Gasteiger partial charge is 0.396 e. The third-order valence-corrected chi connectivity index (χ3v) is 4.30. The van der Waals surface area contributed by atoms with Gasteiger partial charge < -0.3 is 15.7 Å². The number of amides is 2. The van der Waals surface area contributed by atoms with Crippen LogP contribution in [0.2, 0.25) is 0 Å². The predicted octanol–water partition coefficient (Wildman–Crippen LogP) is 3.25. The van der Waals surface area contributed by atoms with Crippen LogP contribution in [0.25, 0.3) is 0 Å². The summed E-state index contributed by atoms with van der Waals surface area (Å²) < 4.78 is 0. The lowest BCUT2D eigenvalue weighted by Gasteiger charge is -2.16. The van der Waals surface area contributed by atoms with Crippen LogP contribution in [0.1, 0.15) is 20.3 Å². The standard InChI is InChI=1S/C16H22N2O2S/c1-11(2)21-15-6-4-3-5-14(15)18-16(20)17-13-8-7-12(9-13)10-19/h3-8,11-13,19H,9-10H2,1-2H3,(H2,17,18,20)/t12-,13+/m0/s1. The van der Waals surface area contributed by atoms with Gasteiger partial charge in [0.05, 0.1) is 5.69 Å². The molecule has 114 valence electrons. The molecule has 2 atom stereocenters. The maximum Gasteiger partial charge on any atom is 0.319 e. The topological polar surface area (TPSA) is 61.4 Å². The number of thioether (sulfide) groups is 1. The lowest BCUT2D eigenvalue weighted by Crippen LogP contribution is -2.36. The fraction of sp³-hybridized carbons (Fsp3) is 0.438. The number of aliphatic hydroxyl groups excluding tert-OH is 1. The van der Waals surface area contributed by atoms with E-state index in [1.165, 1.54) is 0 Å². The third-order valence-electron chi connectivity index (χ3n) is 3.22. The molecule has 2 rings (SSSR count). The Kier molecular flexibility index (Phi) is 5.70. The number of hydrogen-bond donors (Lipinski definition) is 3. The second-order valence-electron chi connectivity index (χ2n) is 5.43. The maximum absolute atomic E-state index is 12.1. The van der Waals surface area contributed by atoms with Gasteiger partial charge in [-0.05, 0) is 18.6 Å². The van der Waals surface area contributed by atoms with Crippen molar-refractivity contribution in [3.05, 3.63) is 36.4 Å². The van der Waals surface area contributed by atoms with Crippen molar-refractivity contribution in [3.8, 4) is 0 Å². The summed E-state index contributed by atoms with van der Waals surface area (Å²) in [4.78, 5) is 13.1. The van der Waals surface area contributed by atoms with Gasteiger partial charge in [-0.25, -0.2) is 4.79 Å². The molecule has 0 aromatic heterocycles. The Labute approximate surface area is 130 Å². The lowest BCUT2D eigenvalue weighted by atomic mass is 10.1. The first-order valence-electron chi connectivity index (χ1n) is 7.21. The van der Waals surface area contributed by atoms with E-state index < -0.39 is 0 Å². The average molecular weight is 306 g/mol. The summed E-state index contributed by atoms with van der Waals surface area (Å²) >= 11 is 1.72. The van der Waals surface area contributed by atoms with Gasteiger partial charge in [0.25, 0.3) is 0 Å². The molecule has 0 fully saturated rings. The second kappa shape index (κ2) is 7.52. The van der Waals surface area contributed by atoms with Crippen molar-refractivity contribution in [3.63, 3.8) is 0 Å². The Morgan fingerprint density at radius 3 is 2.81 bits per heavy atom. The quantitative estimate of drug-likeness (QED) is 0.578. The van der Waals surface area contributed by atoms with Gasteiger partial charge in [0.2, 0.25) is 0 Å². The minimum absolute atomic E-state index is 0.00735. The van der Waals surface area contributed by atoms with E-state index in [4.69, 9.17) is 5.11 Å². The monoisotopic (exact) mass is 306 g/mol. The zero-order valence-corrected chi connectivity index (χ0v) is 13.2. The van der Waals surface area contributed by atoms with Crippen LogP contribution in [-0.4, -0.2) is 29.0 Å². The van der Waals surface area contributed by atoms with Crippen molar-refractivity contribution in [2.75, 3.05) is 11.9 Å². The Balaban J connectivity index is 1.92. The van der Waals surface area contributed by atoms with Gasteiger partial charge in [-0.1, -0.05) is 38.1 Å². The Hall–Kier alpha value is -1.46. The van der Waals surface area contributed by atoms with Gasteiger partial charge in [0, 0.05) is 28.7 Å².